The highest BCUT2D eigenvalue weighted by atomic mass is 32.2. The number of aromatic nitrogens is 4. The zero-order valence-corrected chi connectivity index (χ0v) is 17.0. The molecule has 3 heterocycles. The molecule has 0 amide bonds. The van der Waals surface area contributed by atoms with Crippen LogP contribution in [0.4, 0.5) is 17.5 Å². The molecule has 0 aliphatic carbocycles. The number of sulfonamides is 1. The number of anilines is 3. The first-order valence-electron chi connectivity index (χ1n) is 8.93. The van der Waals surface area contributed by atoms with Gasteiger partial charge in [-0.05, 0) is 42.5 Å². The van der Waals surface area contributed by atoms with Gasteiger partial charge in [0, 0.05) is 18.1 Å². The molecule has 3 N–H and O–H groups in total. The van der Waals surface area contributed by atoms with Crippen molar-refractivity contribution in [2.24, 2.45) is 0 Å². The van der Waals surface area contributed by atoms with Gasteiger partial charge < -0.3 is 10.6 Å². The van der Waals surface area contributed by atoms with Crippen LogP contribution in [-0.4, -0.2) is 33.9 Å². The lowest BCUT2D eigenvalue weighted by Gasteiger charge is -2.14. The molecular weight excluding hydrogens is 422 g/mol. The number of hydrogen-bond donors (Lipinski definition) is 3. The third kappa shape index (κ3) is 3.72. The number of nitrogens with one attached hydrogen (secondary N) is 3. The first-order chi connectivity index (χ1) is 14.6. The summed E-state index contributed by atoms with van der Waals surface area (Å²) >= 11 is 1.51. The van der Waals surface area contributed by atoms with Crippen LogP contribution in [0.5, 0.6) is 0 Å². The van der Waals surface area contributed by atoms with E-state index in [1.54, 1.807) is 18.2 Å². The largest absolute Gasteiger partial charge is 0.357 e. The SMILES string of the molecule is O=S(=O)(Nc1ncccn1)c1ccc(NC2Nc3nc4ccccc4nc3S2)cc1. The van der Waals surface area contributed by atoms with Crippen LogP contribution in [0.3, 0.4) is 0 Å². The Bertz CT molecular complexity index is 1270. The van der Waals surface area contributed by atoms with Gasteiger partial charge in [0.1, 0.15) is 5.03 Å². The van der Waals surface area contributed by atoms with E-state index in [1.807, 2.05) is 24.3 Å². The van der Waals surface area contributed by atoms with Crippen LogP contribution in [-0.2, 0) is 10.0 Å². The van der Waals surface area contributed by atoms with E-state index in [0.717, 1.165) is 27.6 Å². The zero-order valence-electron chi connectivity index (χ0n) is 15.4. The normalized spacial score (nSPS) is 15.4. The van der Waals surface area contributed by atoms with E-state index in [1.165, 1.54) is 36.3 Å². The Kier molecular flexibility index (Phi) is 4.60. The zero-order chi connectivity index (χ0) is 20.6. The lowest BCUT2D eigenvalue weighted by molar-refractivity contribution is 0.601. The minimum atomic E-state index is -3.77. The van der Waals surface area contributed by atoms with Gasteiger partial charge >= 0.3 is 0 Å². The average Bonchev–Trinajstić information content (AvgIpc) is 3.13. The van der Waals surface area contributed by atoms with E-state index in [-0.39, 0.29) is 16.3 Å². The topological polar surface area (TPSA) is 122 Å². The first kappa shape index (κ1) is 18.6. The van der Waals surface area contributed by atoms with Gasteiger partial charge in [-0.1, -0.05) is 23.9 Å². The molecule has 0 saturated carbocycles. The number of para-hydroxylation sites is 2. The fourth-order valence-corrected chi connectivity index (χ4v) is 4.82. The molecule has 0 fully saturated rings. The Labute approximate surface area is 176 Å². The summed E-state index contributed by atoms with van der Waals surface area (Å²) in [6.07, 6.45) is 2.93. The molecule has 11 heteroatoms. The molecule has 30 heavy (non-hydrogen) atoms. The number of fused-ring (bicyclic) bond motifs is 2. The van der Waals surface area contributed by atoms with Crippen LogP contribution < -0.4 is 15.4 Å². The second kappa shape index (κ2) is 7.43. The summed E-state index contributed by atoms with van der Waals surface area (Å²) in [6, 6.07) is 15.7. The minimum absolute atomic E-state index is 0.0245. The van der Waals surface area contributed by atoms with Crippen molar-refractivity contribution in [2.75, 3.05) is 15.4 Å². The fourth-order valence-electron chi connectivity index (χ4n) is 2.90. The van der Waals surface area contributed by atoms with E-state index < -0.39 is 10.0 Å². The smallest absolute Gasteiger partial charge is 0.264 e. The van der Waals surface area contributed by atoms with E-state index >= 15 is 0 Å². The molecule has 5 rings (SSSR count). The van der Waals surface area contributed by atoms with Crippen molar-refractivity contribution in [2.45, 2.75) is 15.4 Å². The quantitative estimate of drug-likeness (QED) is 0.432. The summed E-state index contributed by atoms with van der Waals surface area (Å²) in [5.41, 5.74) is 2.26. The van der Waals surface area contributed by atoms with Gasteiger partial charge in [0.2, 0.25) is 5.95 Å². The third-order valence-electron chi connectivity index (χ3n) is 4.29. The van der Waals surface area contributed by atoms with Crippen molar-refractivity contribution in [3.05, 3.63) is 67.0 Å². The summed E-state index contributed by atoms with van der Waals surface area (Å²) in [5.74, 6) is 0.749. The monoisotopic (exact) mass is 437 g/mol. The van der Waals surface area contributed by atoms with Crippen molar-refractivity contribution in [3.63, 3.8) is 0 Å². The van der Waals surface area contributed by atoms with Gasteiger partial charge in [0.15, 0.2) is 11.3 Å². The van der Waals surface area contributed by atoms with Crippen LogP contribution in [0.25, 0.3) is 11.0 Å². The van der Waals surface area contributed by atoms with Crippen molar-refractivity contribution >= 4 is 50.3 Å². The Morgan fingerprint density at radius 1 is 0.900 bits per heavy atom. The maximum atomic E-state index is 12.5. The molecule has 1 aliphatic heterocycles. The maximum absolute atomic E-state index is 12.5. The molecule has 1 unspecified atom stereocenters. The Balaban J connectivity index is 1.29. The molecule has 2 aromatic carbocycles. The van der Waals surface area contributed by atoms with Gasteiger partial charge in [0.05, 0.1) is 15.9 Å². The molecule has 150 valence electrons. The predicted molar refractivity (Wildman–Crippen MR) is 116 cm³/mol. The van der Waals surface area contributed by atoms with E-state index in [9.17, 15) is 8.42 Å². The number of nitrogens with zero attached hydrogens (tertiary/aromatic N) is 4. The molecule has 0 bridgehead atoms. The predicted octanol–water partition coefficient (Wildman–Crippen LogP) is 3.13. The summed E-state index contributed by atoms with van der Waals surface area (Å²) in [4.78, 5) is 17.1. The molecule has 0 saturated heterocycles. The summed E-state index contributed by atoms with van der Waals surface area (Å²) in [5, 5.41) is 7.40. The molecule has 1 atom stereocenters. The Morgan fingerprint density at radius 2 is 1.60 bits per heavy atom. The van der Waals surface area contributed by atoms with Gasteiger partial charge in [-0.25, -0.2) is 33.1 Å². The number of thioether (sulfide) groups is 1. The molecule has 1 aliphatic rings. The number of benzene rings is 2. The summed E-state index contributed by atoms with van der Waals surface area (Å²) < 4.78 is 27.3. The van der Waals surface area contributed by atoms with Gasteiger partial charge in [0.25, 0.3) is 10.0 Å². The Morgan fingerprint density at radius 3 is 2.33 bits per heavy atom. The standard InChI is InChI=1S/C19H15N7O2S2/c27-30(28,26-18-20-10-3-11-21-18)13-8-6-12(7-9-13)22-19-25-16-17(29-19)24-15-5-2-1-4-14(15)23-16/h1-11,19,22H,(H,23,25)(H,20,21,26). The number of hydrogen-bond acceptors (Lipinski definition) is 9. The second-order valence-corrected chi connectivity index (χ2v) is 9.13. The fraction of sp³-hybridized carbons (Fsp3) is 0.0526. The molecule has 2 aromatic heterocycles. The molecule has 9 nitrogen and oxygen atoms in total. The summed E-state index contributed by atoms with van der Waals surface area (Å²) in [6.45, 7) is 0. The molecule has 4 aromatic rings. The van der Waals surface area contributed by atoms with Crippen molar-refractivity contribution in [3.8, 4) is 0 Å². The van der Waals surface area contributed by atoms with E-state index in [4.69, 9.17) is 0 Å². The summed E-state index contributed by atoms with van der Waals surface area (Å²) in [7, 11) is -3.77. The van der Waals surface area contributed by atoms with E-state index in [0.29, 0.717) is 0 Å². The van der Waals surface area contributed by atoms with Gasteiger partial charge in [-0.15, -0.1) is 0 Å². The van der Waals surface area contributed by atoms with Crippen LogP contribution in [0.2, 0.25) is 0 Å². The first-order valence-corrected chi connectivity index (χ1v) is 11.3. The maximum Gasteiger partial charge on any atom is 0.264 e. The minimum Gasteiger partial charge on any atom is -0.357 e. The number of rotatable bonds is 5. The highest BCUT2D eigenvalue weighted by Gasteiger charge is 2.25. The highest BCUT2D eigenvalue weighted by molar-refractivity contribution is 8.00. The van der Waals surface area contributed by atoms with E-state index in [2.05, 4.69) is 35.3 Å². The average molecular weight is 438 g/mol. The van der Waals surface area contributed by atoms with Crippen LogP contribution in [0.1, 0.15) is 0 Å². The molecular formula is C19H15N7O2S2. The molecule has 0 radical (unpaired) electrons. The van der Waals surface area contributed by atoms with Gasteiger partial charge in [-0.3, -0.25) is 0 Å². The van der Waals surface area contributed by atoms with Crippen LogP contribution >= 0.6 is 11.8 Å². The van der Waals surface area contributed by atoms with Crippen molar-refractivity contribution in [1.29, 1.82) is 0 Å². The van der Waals surface area contributed by atoms with Gasteiger partial charge in [-0.2, -0.15) is 0 Å². The Hall–Kier alpha value is -3.44. The second-order valence-electron chi connectivity index (χ2n) is 6.35. The van der Waals surface area contributed by atoms with Crippen LogP contribution in [0, 0.1) is 0 Å². The third-order valence-corrected chi connectivity index (χ3v) is 6.61. The lowest BCUT2D eigenvalue weighted by Crippen LogP contribution is -2.21. The van der Waals surface area contributed by atoms with Crippen molar-refractivity contribution < 1.29 is 8.42 Å². The van der Waals surface area contributed by atoms with Crippen molar-refractivity contribution in [1.82, 2.24) is 19.9 Å². The molecule has 0 spiro atoms. The van der Waals surface area contributed by atoms with Crippen LogP contribution in [0.15, 0.2) is 76.9 Å². The lowest BCUT2D eigenvalue weighted by atomic mass is 10.3. The highest BCUT2D eigenvalue weighted by Crippen LogP contribution is 2.37.